The van der Waals surface area contributed by atoms with Crippen molar-refractivity contribution in [1.29, 1.82) is 0 Å². The van der Waals surface area contributed by atoms with Gasteiger partial charge in [-0.3, -0.25) is 0 Å². The van der Waals surface area contributed by atoms with Crippen LogP contribution in [0.2, 0.25) is 0 Å². The molecule has 3 atom stereocenters. The molecule has 0 aromatic carbocycles. The van der Waals surface area contributed by atoms with E-state index >= 15 is 0 Å². The molecule has 21 heavy (non-hydrogen) atoms. The Balaban J connectivity index is 2.12. The molecule has 3 unspecified atom stereocenters. The summed E-state index contributed by atoms with van der Waals surface area (Å²) in [6, 6.07) is 2.03. The minimum atomic E-state index is 0.388. The van der Waals surface area contributed by atoms with Crippen molar-refractivity contribution in [3.05, 3.63) is 22.6 Å². The first-order chi connectivity index (χ1) is 9.93. The number of hydrogen-bond acceptors (Lipinski definition) is 2. The Labute approximate surface area is 138 Å². The van der Waals surface area contributed by atoms with E-state index in [1.54, 1.807) is 0 Å². The lowest BCUT2D eigenvalue weighted by Crippen LogP contribution is -2.35. The second-order valence-electron chi connectivity index (χ2n) is 7.58. The Morgan fingerprint density at radius 1 is 1.33 bits per heavy atom. The van der Waals surface area contributed by atoms with Crippen LogP contribution >= 0.6 is 15.9 Å². The Hall–Kier alpha value is -0.280. The zero-order chi connectivity index (χ0) is 15.5. The van der Waals surface area contributed by atoms with E-state index in [0.29, 0.717) is 17.3 Å². The smallest absolute Gasteiger partial charge is 0.121 e. The molecule has 2 rings (SSSR count). The summed E-state index contributed by atoms with van der Waals surface area (Å²) in [5.41, 5.74) is 0.388. The maximum absolute atomic E-state index is 5.83. The van der Waals surface area contributed by atoms with Crippen LogP contribution < -0.4 is 5.32 Å². The summed E-state index contributed by atoms with van der Waals surface area (Å²) in [7, 11) is 0. The monoisotopic (exact) mass is 355 g/mol. The molecule has 1 N–H and O–H groups in total. The number of hydrogen-bond donors (Lipinski definition) is 1. The predicted octanol–water partition coefficient (Wildman–Crippen LogP) is 5.59. The van der Waals surface area contributed by atoms with Crippen molar-refractivity contribution in [3.8, 4) is 0 Å². The summed E-state index contributed by atoms with van der Waals surface area (Å²) in [5.74, 6) is 3.17. The van der Waals surface area contributed by atoms with Crippen molar-refractivity contribution in [2.45, 2.75) is 59.3 Å². The van der Waals surface area contributed by atoms with Crippen molar-refractivity contribution >= 4 is 15.9 Å². The minimum absolute atomic E-state index is 0.388. The maximum Gasteiger partial charge on any atom is 0.121 e. The summed E-state index contributed by atoms with van der Waals surface area (Å²) < 4.78 is 6.97. The third-order valence-electron chi connectivity index (χ3n) is 5.03. The summed E-state index contributed by atoms with van der Waals surface area (Å²) in [6.45, 7) is 11.6. The topological polar surface area (TPSA) is 25.2 Å². The zero-order valence-electron chi connectivity index (χ0n) is 13.9. The van der Waals surface area contributed by atoms with Crippen LogP contribution in [0.1, 0.15) is 65.1 Å². The van der Waals surface area contributed by atoms with E-state index in [1.807, 2.05) is 12.3 Å². The molecule has 3 heteroatoms. The molecule has 0 bridgehead atoms. The lowest BCUT2D eigenvalue weighted by atomic mass is 9.65. The van der Waals surface area contributed by atoms with Gasteiger partial charge < -0.3 is 9.73 Å². The van der Waals surface area contributed by atoms with Crippen molar-refractivity contribution in [3.63, 3.8) is 0 Å². The summed E-state index contributed by atoms with van der Waals surface area (Å²) >= 11 is 3.67. The van der Waals surface area contributed by atoms with E-state index < -0.39 is 0 Å². The average molecular weight is 356 g/mol. The van der Waals surface area contributed by atoms with Gasteiger partial charge in [0.25, 0.3) is 0 Å². The molecule has 0 amide bonds. The van der Waals surface area contributed by atoms with Crippen LogP contribution in [0.25, 0.3) is 0 Å². The Kier molecular flexibility index (Phi) is 5.96. The first-order valence-electron chi connectivity index (χ1n) is 8.37. The SMILES string of the molecule is CCCNCC1CCC(C(C)(C)C)CC1c1occc1Br. The highest BCUT2D eigenvalue weighted by Gasteiger charge is 2.38. The van der Waals surface area contributed by atoms with Gasteiger partial charge in [-0.1, -0.05) is 27.7 Å². The Bertz CT molecular complexity index is 435. The number of furan rings is 1. The van der Waals surface area contributed by atoms with E-state index in [9.17, 15) is 0 Å². The third-order valence-corrected chi connectivity index (χ3v) is 5.69. The maximum atomic E-state index is 5.83. The lowest BCUT2D eigenvalue weighted by molar-refractivity contribution is 0.120. The van der Waals surface area contributed by atoms with E-state index in [1.165, 1.54) is 25.7 Å². The summed E-state index contributed by atoms with van der Waals surface area (Å²) in [6.07, 6.45) is 6.91. The number of halogens is 1. The molecule has 1 saturated carbocycles. The fourth-order valence-electron chi connectivity index (χ4n) is 3.62. The Morgan fingerprint density at radius 2 is 2.10 bits per heavy atom. The molecule has 1 aliphatic rings. The lowest BCUT2D eigenvalue weighted by Gasteiger charge is -2.41. The van der Waals surface area contributed by atoms with Gasteiger partial charge in [0.1, 0.15) is 5.76 Å². The average Bonchev–Trinajstić information content (AvgIpc) is 2.84. The van der Waals surface area contributed by atoms with Crippen LogP contribution in [0.4, 0.5) is 0 Å². The van der Waals surface area contributed by atoms with Crippen LogP contribution in [0.15, 0.2) is 21.2 Å². The molecule has 1 aromatic rings. The zero-order valence-corrected chi connectivity index (χ0v) is 15.5. The third kappa shape index (κ3) is 4.35. The van der Waals surface area contributed by atoms with Crippen LogP contribution in [0, 0.1) is 17.3 Å². The fraction of sp³-hybridized carbons (Fsp3) is 0.778. The van der Waals surface area contributed by atoms with Crippen LogP contribution in [-0.4, -0.2) is 13.1 Å². The quantitative estimate of drug-likeness (QED) is 0.696. The normalized spacial score (nSPS) is 27.0. The molecule has 0 spiro atoms. The highest BCUT2D eigenvalue weighted by Crippen LogP contribution is 2.48. The fourth-order valence-corrected chi connectivity index (χ4v) is 4.11. The molecule has 120 valence electrons. The second kappa shape index (κ2) is 7.32. The van der Waals surface area contributed by atoms with E-state index in [2.05, 4.69) is 48.9 Å². The molecular weight excluding hydrogens is 326 g/mol. The Morgan fingerprint density at radius 3 is 2.67 bits per heavy atom. The van der Waals surface area contributed by atoms with Gasteiger partial charge in [0.05, 0.1) is 10.7 Å². The van der Waals surface area contributed by atoms with Gasteiger partial charge in [0, 0.05) is 5.92 Å². The standard InChI is InChI=1S/C18H30BrNO/c1-5-9-20-12-13-6-7-14(18(2,3)4)11-15(13)17-16(19)8-10-21-17/h8,10,13-15,20H,5-7,9,11-12H2,1-4H3. The highest BCUT2D eigenvalue weighted by atomic mass is 79.9. The van der Waals surface area contributed by atoms with Gasteiger partial charge in [-0.2, -0.15) is 0 Å². The number of nitrogens with one attached hydrogen (secondary N) is 1. The summed E-state index contributed by atoms with van der Waals surface area (Å²) in [4.78, 5) is 0. The second-order valence-corrected chi connectivity index (χ2v) is 8.43. The molecular formula is C18H30BrNO. The van der Waals surface area contributed by atoms with E-state index in [0.717, 1.165) is 29.2 Å². The van der Waals surface area contributed by atoms with Crippen molar-refractivity contribution < 1.29 is 4.42 Å². The first kappa shape index (κ1) is 17.1. The van der Waals surface area contributed by atoms with Gasteiger partial charge in [0.15, 0.2) is 0 Å². The molecule has 1 fully saturated rings. The minimum Gasteiger partial charge on any atom is -0.468 e. The van der Waals surface area contributed by atoms with Crippen molar-refractivity contribution in [2.24, 2.45) is 17.3 Å². The van der Waals surface area contributed by atoms with Gasteiger partial charge >= 0.3 is 0 Å². The number of rotatable bonds is 5. The van der Waals surface area contributed by atoms with Gasteiger partial charge in [-0.15, -0.1) is 0 Å². The molecule has 1 heterocycles. The predicted molar refractivity (Wildman–Crippen MR) is 92.6 cm³/mol. The molecule has 0 aliphatic heterocycles. The molecule has 0 saturated heterocycles. The van der Waals surface area contributed by atoms with Gasteiger partial charge in [0.2, 0.25) is 0 Å². The first-order valence-corrected chi connectivity index (χ1v) is 9.16. The van der Waals surface area contributed by atoms with Crippen LogP contribution in [0.5, 0.6) is 0 Å². The van der Waals surface area contributed by atoms with E-state index in [-0.39, 0.29) is 0 Å². The van der Waals surface area contributed by atoms with Crippen LogP contribution in [-0.2, 0) is 0 Å². The summed E-state index contributed by atoms with van der Waals surface area (Å²) in [5, 5.41) is 3.61. The highest BCUT2D eigenvalue weighted by molar-refractivity contribution is 9.10. The molecule has 0 radical (unpaired) electrons. The molecule has 2 nitrogen and oxygen atoms in total. The molecule has 1 aromatic heterocycles. The van der Waals surface area contributed by atoms with Crippen molar-refractivity contribution in [1.82, 2.24) is 5.32 Å². The van der Waals surface area contributed by atoms with E-state index in [4.69, 9.17) is 4.42 Å². The van der Waals surface area contributed by atoms with Crippen LogP contribution in [0.3, 0.4) is 0 Å². The van der Waals surface area contributed by atoms with Crippen molar-refractivity contribution in [2.75, 3.05) is 13.1 Å². The molecule has 1 aliphatic carbocycles. The van der Waals surface area contributed by atoms with Gasteiger partial charge in [-0.05, 0) is 78.0 Å². The van der Waals surface area contributed by atoms with Gasteiger partial charge in [-0.25, -0.2) is 0 Å². The largest absolute Gasteiger partial charge is 0.468 e.